The fraction of sp³-hybridized carbons (Fsp3) is 0.312. The van der Waals surface area contributed by atoms with E-state index in [0.29, 0.717) is 21.7 Å². The minimum atomic E-state index is 0.537. The highest BCUT2D eigenvalue weighted by Gasteiger charge is 2.08. The van der Waals surface area contributed by atoms with Gasteiger partial charge in [-0.1, -0.05) is 60.5 Å². The van der Waals surface area contributed by atoms with Crippen molar-refractivity contribution in [3.05, 3.63) is 52.0 Å². The fourth-order valence-electron chi connectivity index (χ4n) is 1.93. The first-order valence-corrected chi connectivity index (χ1v) is 7.84. The van der Waals surface area contributed by atoms with Crippen LogP contribution in [-0.2, 0) is 6.42 Å². The summed E-state index contributed by atoms with van der Waals surface area (Å²) in [6, 6.07) is 12.0. The fourth-order valence-corrected chi connectivity index (χ4v) is 2.42. The summed E-state index contributed by atoms with van der Waals surface area (Å²) in [5.74, 6) is 1.33. The molecule has 0 saturated carbocycles. The summed E-state index contributed by atoms with van der Waals surface area (Å²) in [5.41, 5.74) is 1.28. The topological polar surface area (TPSA) is 37.0 Å². The van der Waals surface area contributed by atoms with E-state index in [9.17, 15) is 0 Å². The Morgan fingerprint density at radius 1 is 0.952 bits per heavy atom. The third kappa shape index (κ3) is 4.80. The largest absolute Gasteiger partial charge is 0.369 e. The lowest BCUT2D eigenvalue weighted by atomic mass is 10.1. The van der Waals surface area contributed by atoms with Crippen LogP contribution < -0.4 is 10.6 Å². The third-order valence-electron chi connectivity index (χ3n) is 3.02. The van der Waals surface area contributed by atoms with Crippen LogP contribution in [0.15, 0.2) is 36.4 Å². The molecular weight excluding hydrogens is 305 g/mol. The maximum atomic E-state index is 6.18. The number of hydrogen-bond donors (Lipinski definition) is 2. The van der Waals surface area contributed by atoms with Crippen molar-refractivity contribution in [1.82, 2.24) is 4.98 Å². The molecule has 1 heterocycles. The molecule has 0 unspecified atom stereocenters. The molecule has 21 heavy (non-hydrogen) atoms. The first-order chi connectivity index (χ1) is 10.2. The smallest absolute Gasteiger partial charge is 0.147 e. The predicted molar refractivity (Wildman–Crippen MR) is 91.7 cm³/mol. The molecule has 0 fully saturated rings. The van der Waals surface area contributed by atoms with Crippen molar-refractivity contribution in [3.8, 4) is 0 Å². The average Bonchev–Trinajstić information content (AvgIpc) is 2.49. The predicted octanol–water partition coefficient (Wildman–Crippen LogP) is 4.86. The summed E-state index contributed by atoms with van der Waals surface area (Å²) in [4.78, 5) is 4.45. The van der Waals surface area contributed by atoms with Crippen molar-refractivity contribution in [2.75, 3.05) is 23.7 Å². The molecule has 0 radical (unpaired) electrons. The number of nitrogens with zero attached hydrogens (tertiary/aromatic N) is 1. The number of hydrogen-bond acceptors (Lipinski definition) is 3. The van der Waals surface area contributed by atoms with Gasteiger partial charge in [0.1, 0.15) is 11.6 Å². The lowest BCUT2D eigenvalue weighted by Crippen LogP contribution is -2.09. The van der Waals surface area contributed by atoms with Gasteiger partial charge in [0.05, 0.1) is 10.0 Å². The van der Waals surface area contributed by atoms with E-state index in [2.05, 4.69) is 34.7 Å². The number of anilines is 2. The van der Waals surface area contributed by atoms with Crippen LogP contribution in [0.3, 0.4) is 0 Å². The van der Waals surface area contributed by atoms with E-state index in [1.165, 1.54) is 5.56 Å². The maximum absolute atomic E-state index is 6.18. The molecule has 5 heteroatoms. The molecule has 3 nitrogen and oxygen atoms in total. The number of halogens is 2. The normalized spacial score (nSPS) is 10.4. The van der Waals surface area contributed by atoms with Crippen molar-refractivity contribution >= 4 is 34.8 Å². The molecule has 0 spiro atoms. The van der Waals surface area contributed by atoms with Gasteiger partial charge in [-0.3, -0.25) is 0 Å². The first-order valence-electron chi connectivity index (χ1n) is 7.08. The molecule has 0 bridgehead atoms. The van der Waals surface area contributed by atoms with E-state index in [1.807, 2.05) is 18.2 Å². The second kappa shape index (κ2) is 8.11. The van der Waals surface area contributed by atoms with E-state index in [4.69, 9.17) is 23.2 Å². The minimum absolute atomic E-state index is 0.537. The Bertz CT molecular complexity index is 573. The van der Waals surface area contributed by atoms with Crippen molar-refractivity contribution in [3.63, 3.8) is 0 Å². The van der Waals surface area contributed by atoms with Gasteiger partial charge in [0.2, 0.25) is 0 Å². The summed E-state index contributed by atoms with van der Waals surface area (Å²) in [7, 11) is 0. The van der Waals surface area contributed by atoms with Gasteiger partial charge < -0.3 is 10.6 Å². The van der Waals surface area contributed by atoms with E-state index in [-0.39, 0.29) is 0 Å². The van der Waals surface area contributed by atoms with Gasteiger partial charge in [-0.05, 0) is 24.5 Å². The van der Waals surface area contributed by atoms with Gasteiger partial charge in [0.25, 0.3) is 0 Å². The number of benzene rings is 1. The van der Waals surface area contributed by atoms with E-state index < -0.39 is 0 Å². The molecule has 0 aliphatic heterocycles. The Morgan fingerprint density at radius 3 is 2.19 bits per heavy atom. The molecule has 2 rings (SSSR count). The molecule has 0 atom stereocenters. The molecule has 0 aliphatic rings. The Kier molecular flexibility index (Phi) is 6.15. The molecule has 1 aromatic heterocycles. The lowest BCUT2D eigenvalue weighted by molar-refractivity contribution is 0.965. The summed E-state index contributed by atoms with van der Waals surface area (Å²) >= 11 is 12.3. The average molecular weight is 324 g/mol. The summed E-state index contributed by atoms with van der Waals surface area (Å²) < 4.78 is 0. The van der Waals surface area contributed by atoms with Crippen LogP contribution in [-0.4, -0.2) is 18.1 Å². The van der Waals surface area contributed by atoms with Crippen LogP contribution in [0.5, 0.6) is 0 Å². The van der Waals surface area contributed by atoms with Crippen LogP contribution in [0.4, 0.5) is 11.6 Å². The minimum Gasteiger partial charge on any atom is -0.369 e. The molecule has 0 saturated heterocycles. The van der Waals surface area contributed by atoms with Crippen LogP contribution in [0.1, 0.15) is 18.9 Å². The number of nitrogens with one attached hydrogen (secondary N) is 2. The Hall–Kier alpha value is -1.45. The zero-order valence-electron chi connectivity index (χ0n) is 12.0. The van der Waals surface area contributed by atoms with Crippen molar-refractivity contribution in [1.29, 1.82) is 0 Å². The molecule has 0 aliphatic carbocycles. The van der Waals surface area contributed by atoms with Gasteiger partial charge in [-0.15, -0.1) is 0 Å². The summed E-state index contributed by atoms with van der Waals surface area (Å²) in [6.45, 7) is 3.69. The Labute approximate surface area is 135 Å². The van der Waals surface area contributed by atoms with Crippen molar-refractivity contribution in [2.45, 2.75) is 19.8 Å². The number of pyridine rings is 1. The maximum Gasteiger partial charge on any atom is 0.147 e. The Morgan fingerprint density at radius 2 is 1.57 bits per heavy atom. The van der Waals surface area contributed by atoms with Gasteiger partial charge in [-0.2, -0.15) is 0 Å². The SMILES string of the molecule is CCCNc1nc(NCCc2ccccc2)c(Cl)cc1Cl. The third-order valence-corrected chi connectivity index (χ3v) is 3.60. The van der Waals surface area contributed by atoms with E-state index in [1.54, 1.807) is 6.07 Å². The second-order valence-electron chi connectivity index (χ2n) is 4.74. The van der Waals surface area contributed by atoms with Gasteiger partial charge in [0, 0.05) is 13.1 Å². The van der Waals surface area contributed by atoms with Gasteiger partial charge in [-0.25, -0.2) is 4.98 Å². The van der Waals surface area contributed by atoms with Crippen LogP contribution in [0.25, 0.3) is 0 Å². The zero-order valence-corrected chi connectivity index (χ0v) is 13.5. The summed E-state index contributed by atoms with van der Waals surface area (Å²) in [5, 5.41) is 7.54. The number of rotatable bonds is 7. The van der Waals surface area contributed by atoms with E-state index >= 15 is 0 Å². The molecule has 112 valence electrons. The standard InChI is InChI=1S/C16H19Cl2N3/c1-2-9-19-15-13(17)11-14(18)16(21-15)20-10-8-12-6-4-3-5-7-12/h3-7,11H,2,8-10H2,1H3,(H2,19,20,21). The van der Waals surface area contributed by atoms with Crippen LogP contribution in [0.2, 0.25) is 10.0 Å². The molecule has 1 aromatic carbocycles. The molecule has 2 N–H and O–H groups in total. The highest BCUT2D eigenvalue weighted by Crippen LogP contribution is 2.29. The number of aromatic nitrogens is 1. The highest BCUT2D eigenvalue weighted by molar-refractivity contribution is 6.37. The van der Waals surface area contributed by atoms with Crippen LogP contribution in [0, 0.1) is 0 Å². The molecular formula is C16H19Cl2N3. The van der Waals surface area contributed by atoms with E-state index in [0.717, 1.165) is 25.9 Å². The van der Waals surface area contributed by atoms with Crippen molar-refractivity contribution in [2.24, 2.45) is 0 Å². The van der Waals surface area contributed by atoms with Crippen molar-refractivity contribution < 1.29 is 0 Å². The lowest BCUT2D eigenvalue weighted by Gasteiger charge is -2.12. The zero-order chi connectivity index (χ0) is 15.1. The second-order valence-corrected chi connectivity index (χ2v) is 5.55. The summed E-state index contributed by atoms with van der Waals surface area (Å²) in [6.07, 6.45) is 1.93. The molecule has 2 aromatic rings. The monoisotopic (exact) mass is 323 g/mol. The van der Waals surface area contributed by atoms with Gasteiger partial charge >= 0.3 is 0 Å². The highest BCUT2D eigenvalue weighted by atomic mass is 35.5. The Balaban J connectivity index is 1.98. The quantitative estimate of drug-likeness (QED) is 0.763. The van der Waals surface area contributed by atoms with Gasteiger partial charge in [0.15, 0.2) is 0 Å². The van der Waals surface area contributed by atoms with Crippen LogP contribution >= 0.6 is 23.2 Å². The first kappa shape index (κ1) is 15.9. The molecule has 0 amide bonds.